The predicted molar refractivity (Wildman–Crippen MR) is 62.8 cm³/mol. The van der Waals surface area contributed by atoms with E-state index in [2.05, 4.69) is 5.32 Å². The van der Waals surface area contributed by atoms with Crippen LogP contribution in [0.15, 0.2) is 18.2 Å². The van der Waals surface area contributed by atoms with E-state index < -0.39 is 24.0 Å². The van der Waals surface area contributed by atoms with Crippen LogP contribution in [0, 0.1) is 0 Å². The number of carbonyl (C=O) groups is 2. The van der Waals surface area contributed by atoms with Crippen molar-refractivity contribution in [1.29, 1.82) is 0 Å². The summed E-state index contributed by atoms with van der Waals surface area (Å²) in [5, 5.41) is 21.2. The van der Waals surface area contributed by atoms with Gasteiger partial charge in [0.05, 0.1) is 0 Å². The number of hydrogen-bond donors (Lipinski definition) is 3. The molecular weight excluding hydrogens is 254 g/mol. The van der Waals surface area contributed by atoms with Crippen LogP contribution in [0.5, 0.6) is 11.5 Å². The smallest absolute Gasteiger partial charge is 0.329 e. The van der Waals surface area contributed by atoms with Crippen molar-refractivity contribution in [3.8, 4) is 11.5 Å². The molecule has 7 heteroatoms. The zero-order chi connectivity index (χ0) is 14.0. The van der Waals surface area contributed by atoms with Crippen molar-refractivity contribution in [3.05, 3.63) is 23.8 Å². The van der Waals surface area contributed by atoms with E-state index in [-0.39, 0.29) is 6.79 Å². The van der Waals surface area contributed by atoms with Gasteiger partial charge in [-0.15, -0.1) is 0 Å². The van der Waals surface area contributed by atoms with E-state index in [1.807, 2.05) is 0 Å². The summed E-state index contributed by atoms with van der Waals surface area (Å²) in [7, 11) is 0. The molecule has 1 unspecified atom stereocenters. The van der Waals surface area contributed by atoms with Crippen LogP contribution in [0.2, 0.25) is 0 Å². The Bertz CT molecular complexity index is 515. The Morgan fingerprint density at radius 1 is 1.32 bits per heavy atom. The van der Waals surface area contributed by atoms with Gasteiger partial charge >= 0.3 is 5.97 Å². The molecule has 0 saturated heterocycles. The van der Waals surface area contributed by atoms with Gasteiger partial charge < -0.3 is 25.0 Å². The Morgan fingerprint density at radius 2 is 2.00 bits per heavy atom. The van der Waals surface area contributed by atoms with Crippen LogP contribution in [0.4, 0.5) is 0 Å². The number of hydrogen-bond acceptors (Lipinski definition) is 5. The van der Waals surface area contributed by atoms with Gasteiger partial charge in [0.15, 0.2) is 17.5 Å². The van der Waals surface area contributed by atoms with Gasteiger partial charge in [-0.25, -0.2) is 4.79 Å². The molecule has 0 aromatic heterocycles. The topological polar surface area (TPSA) is 105 Å². The second-order valence-electron chi connectivity index (χ2n) is 4.07. The van der Waals surface area contributed by atoms with E-state index in [9.17, 15) is 14.7 Å². The third kappa shape index (κ3) is 2.76. The minimum absolute atomic E-state index is 0.0862. The molecule has 0 radical (unpaired) electrons. The number of rotatable bonds is 4. The molecule has 7 nitrogen and oxygen atoms in total. The Morgan fingerprint density at radius 3 is 2.63 bits per heavy atom. The lowest BCUT2D eigenvalue weighted by molar-refractivity contribution is -0.145. The number of aliphatic carboxylic acids is 1. The summed E-state index contributed by atoms with van der Waals surface area (Å²) in [6.45, 7) is 1.27. The van der Waals surface area contributed by atoms with E-state index in [4.69, 9.17) is 14.6 Å². The number of benzene rings is 1. The van der Waals surface area contributed by atoms with Crippen LogP contribution in [0.3, 0.4) is 0 Å². The second kappa shape index (κ2) is 5.15. The van der Waals surface area contributed by atoms with E-state index in [1.165, 1.54) is 19.1 Å². The minimum atomic E-state index is -1.42. The Kier molecular flexibility index (Phi) is 3.57. The van der Waals surface area contributed by atoms with Crippen LogP contribution in [0.25, 0.3) is 0 Å². The van der Waals surface area contributed by atoms with Gasteiger partial charge in [-0.1, -0.05) is 6.07 Å². The molecule has 3 N–H and O–H groups in total. The van der Waals surface area contributed by atoms with Gasteiger partial charge in [0.25, 0.3) is 0 Å². The lowest BCUT2D eigenvalue weighted by atomic mass is 10.0. The molecule has 0 bridgehead atoms. The van der Waals surface area contributed by atoms with E-state index in [0.717, 1.165) is 0 Å². The maximum atomic E-state index is 11.1. The summed E-state index contributed by atoms with van der Waals surface area (Å²) in [5.74, 6) is -0.890. The molecule has 2 atom stereocenters. The number of carboxylic acids is 1. The molecule has 1 aliphatic heterocycles. The van der Waals surface area contributed by atoms with E-state index >= 15 is 0 Å². The average Bonchev–Trinajstić information content (AvgIpc) is 2.81. The van der Waals surface area contributed by atoms with Crippen LogP contribution in [0.1, 0.15) is 18.6 Å². The standard InChI is InChI=1S/C12H13NO6/c1-6(14)13-10(12(16)17)11(15)7-2-3-8-9(4-7)19-5-18-8/h2-4,10-11,15H,5H2,1H3,(H,13,14)(H,16,17)/t10-,11?/m0/s1. The van der Waals surface area contributed by atoms with Crippen LogP contribution in [-0.2, 0) is 9.59 Å². The van der Waals surface area contributed by atoms with Crippen molar-refractivity contribution in [2.75, 3.05) is 6.79 Å². The van der Waals surface area contributed by atoms with Crippen molar-refractivity contribution >= 4 is 11.9 Å². The summed E-state index contributed by atoms with van der Waals surface area (Å²) in [5.41, 5.74) is 0.324. The van der Waals surface area contributed by atoms with Gasteiger partial charge in [0.1, 0.15) is 6.10 Å². The minimum Gasteiger partial charge on any atom is -0.480 e. The highest BCUT2D eigenvalue weighted by Gasteiger charge is 2.29. The number of aliphatic hydroxyl groups excluding tert-OH is 1. The Labute approximate surface area is 108 Å². The number of nitrogens with one attached hydrogen (secondary N) is 1. The summed E-state index contributed by atoms with van der Waals surface area (Å²) in [4.78, 5) is 22.0. The number of aliphatic hydroxyl groups is 1. The van der Waals surface area contributed by atoms with Gasteiger partial charge in [-0.3, -0.25) is 4.79 Å². The summed E-state index contributed by atoms with van der Waals surface area (Å²) >= 11 is 0. The van der Waals surface area contributed by atoms with Crippen molar-refractivity contribution in [3.63, 3.8) is 0 Å². The van der Waals surface area contributed by atoms with Gasteiger partial charge in [0.2, 0.25) is 12.7 Å². The summed E-state index contributed by atoms with van der Waals surface area (Å²) < 4.78 is 10.3. The van der Waals surface area contributed by atoms with Crippen LogP contribution >= 0.6 is 0 Å². The SMILES string of the molecule is CC(=O)N[C@H](C(=O)O)C(O)c1ccc2c(c1)OCO2. The number of carbonyl (C=O) groups excluding carboxylic acids is 1. The van der Waals surface area contributed by atoms with Gasteiger partial charge in [0, 0.05) is 6.92 Å². The van der Waals surface area contributed by atoms with Gasteiger partial charge in [-0.2, -0.15) is 0 Å². The largest absolute Gasteiger partial charge is 0.480 e. The molecule has 19 heavy (non-hydrogen) atoms. The number of amides is 1. The first-order valence-electron chi connectivity index (χ1n) is 5.56. The monoisotopic (exact) mass is 267 g/mol. The quantitative estimate of drug-likeness (QED) is 0.711. The number of fused-ring (bicyclic) bond motifs is 1. The van der Waals surface area contributed by atoms with Crippen LogP contribution in [-0.4, -0.2) is 34.9 Å². The lowest BCUT2D eigenvalue weighted by Crippen LogP contribution is -2.44. The van der Waals surface area contributed by atoms with Crippen molar-refractivity contribution in [2.24, 2.45) is 0 Å². The first-order chi connectivity index (χ1) is 8.99. The zero-order valence-corrected chi connectivity index (χ0v) is 10.1. The lowest BCUT2D eigenvalue weighted by Gasteiger charge is -2.20. The molecular formula is C12H13NO6. The second-order valence-corrected chi connectivity index (χ2v) is 4.07. The third-order valence-electron chi connectivity index (χ3n) is 2.68. The third-order valence-corrected chi connectivity index (χ3v) is 2.68. The van der Waals surface area contributed by atoms with Crippen molar-refractivity contribution < 1.29 is 29.3 Å². The molecule has 2 rings (SSSR count). The summed E-state index contributed by atoms with van der Waals surface area (Å²) in [6, 6.07) is 3.17. The first-order valence-corrected chi connectivity index (χ1v) is 5.56. The van der Waals surface area contributed by atoms with Crippen molar-refractivity contribution in [2.45, 2.75) is 19.1 Å². The Hall–Kier alpha value is -2.28. The molecule has 0 aliphatic carbocycles. The average molecular weight is 267 g/mol. The van der Waals surface area contributed by atoms with Crippen molar-refractivity contribution in [1.82, 2.24) is 5.32 Å². The zero-order valence-electron chi connectivity index (χ0n) is 10.1. The molecule has 1 heterocycles. The fourth-order valence-electron chi connectivity index (χ4n) is 1.78. The predicted octanol–water partition coefficient (Wildman–Crippen LogP) is 0.0380. The Balaban J connectivity index is 2.23. The van der Waals surface area contributed by atoms with E-state index in [1.54, 1.807) is 6.07 Å². The highest BCUT2D eigenvalue weighted by Crippen LogP contribution is 2.34. The molecule has 1 aliphatic rings. The first kappa shape index (κ1) is 13.2. The highest BCUT2D eigenvalue weighted by atomic mass is 16.7. The molecule has 0 saturated carbocycles. The highest BCUT2D eigenvalue weighted by molar-refractivity contribution is 5.82. The summed E-state index contributed by atoms with van der Waals surface area (Å²) in [6.07, 6.45) is -1.38. The maximum Gasteiger partial charge on any atom is 0.329 e. The van der Waals surface area contributed by atoms with E-state index in [0.29, 0.717) is 17.1 Å². The van der Waals surface area contributed by atoms with Gasteiger partial charge in [-0.05, 0) is 17.7 Å². The number of ether oxygens (including phenoxy) is 2. The normalized spacial score (nSPS) is 15.7. The molecule has 1 amide bonds. The fourth-order valence-corrected chi connectivity index (χ4v) is 1.78. The molecule has 102 valence electrons. The molecule has 0 fully saturated rings. The molecule has 1 aromatic carbocycles. The number of carboxylic acid groups (broad SMARTS) is 1. The fraction of sp³-hybridized carbons (Fsp3) is 0.333. The molecule has 1 aromatic rings. The molecule has 0 spiro atoms. The van der Waals surface area contributed by atoms with Crippen LogP contribution < -0.4 is 14.8 Å². The maximum absolute atomic E-state index is 11.1.